The predicted molar refractivity (Wildman–Crippen MR) is 88.3 cm³/mol. The van der Waals surface area contributed by atoms with Crippen molar-refractivity contribution in [2.75, 3.05) is 28.2 Å². The van der Waals surface area contributed by atoms with E-state index in [2.05, 4.69) is 20.7 Å². The number of nitrogens with zero attached hydrogens (tertiary/aromatic N) is 6. The zero-order valence-corrected chi connectivity index (χ0v) is 13.3. The molecular weight excluding hydrogens is 276 g/mol. The van der Waals surface area contributed by atoms with E-state index >= 15 is 0 Å². The summed E-state index contributed by atoms with van der Waals surface area (Å²) in [5.74, 6) is 0. The van der Waals surface area contributed by atoms with Gasteiger partial charge >= 0.3 is 0 Å². The molecule has 2 aromatic rings. The van der Waals surface area contributed by atoms with E-state index in [9.17, 15) is 0 Å². The number of benzene rings is 2. The standard InChI is InChI=1S/C16H20N6/c1-21(2)19-17-15-9-5-13(6-10-15)14-7-11-16(12-8-14)18-20-22(3)4/h5-12H,1-4H3. The molecule has 0 unspecified atom stereocenters. The van der Waals surface area contributed by atoms with Crippen molar-refractivity contribution in [3.05, 3.63) is 48.5 Å². The molecule has 0 saturated carbocycles. The van der Waals surface area contributed by atoms with Crippen molar-refractivity contribution in [3.8, 4) is 11.1 Å². The molecule has 0 amide bonds. The van der Waals surface area contributed by atoms with E-state index in [0.29, 0.717) is 0 Å². The summed E-state index contributed by atoms with van der Waals surface area (Å²) in [6.07, 6.45) is 0. The molecule has 0 atom stereocenters. The van der Waals surface area contributed by atoms with E-state index in [1.165, 1.54) is 0 Å². The summed E-state index contributed by atoms with van der Waals surface area (Å²) in [5, 5.41) is 19.5. The maximum absolute atomic E-state index is 4.11. The Labute approximate surface area is 130 Å². The smallest absolute Gasteiger partial charge is 0.0874 e. The van der Waals surface area contributed by atoms with Gasteiger partial charge in [-0.2, -0.15) is 0 Å². The van der Waals surface area contributed by atoms with Gasteiger partial charge in [0.2, 0.25) is 0 Å². The van der Waals surface area contributed by atoms with Gasteiger partial charge in [-0.25, -0.2) is 0 Å². The van der Waals surface area contributed by atoms with Crippen LogP contribution < -0.4 is 0 Å². The van der Waals surface area contributed by atoms with E-state index in [-0.39, 0.29) is 0 Å². The lowest BCUT2D eigenvalue weighted by Gasteiger charge is -2.04. The number of hydrogen-bond donors (Lipinski definition) is 0. The fraction of sp³-hybridized carbons (Fsp3) is 0.250. The maximum Gasteiger partial charge on any atom is 0.0874 e. The van der Waals surface area contributed by atoms with Crippen LogP contribution in [-0.2, 0) is 0 Å². The van der Waals surface area contributed by atoms with Crippen LogP contribution in [0, 0.1) is 0 Å². The summed E-state index contributed by atoms with van der Waals surface area (Å²) in [5.41, 5.74) is 3.91. The molecule has 2 rings (SSSR count). The molecule has 0 spiro atoms. The van der Waals surface area contributed by atoms with Crippen molar-refractivity contribution >= 4 is 11.4 Å². The highest BCUT2D eigenvalue weighted by atomic mass is 15.5. The summed E-state index contributed by atoms with van der Waals surface area (Å²) in [6, 6.07) is 15.9. The van der Waals surface area contributed by atoms with E-state index < -0.39 is 0 Å². The van der Waals surface area contributed by atoms with Gasteiger partial charge < -0.3 is 0 Å². The third kappa shape index (κ3) is 4.66. The van der Waals surface area contributed by atoms with Crippen molar-refractivity contribution in [1.82, 2.24) is 10.0 Å². The van der Waals surface area contributed by atoms with Gasteiger partial charge in [0.25, 0.3) is 0 Å². The molecular formula is C16H20N6. The van der Waals surface area contributed by atoms with Crippen LogP contribution in [0.25, 0.3) is 11.1 Å². The third-order valence-corrected chi connectivity index (χ3v) is 2.75. The van der Waals surface area contributed by atoms with E-state index in [1.807, 2.05) is 76.7 Å². The van der Waals surface area contributed by atoms with Gasteiger partial charge in [0.15, 0.2) is 0 Å². The average Bonchev–Trinajstić information content (AvgIpc) is 2.52. The minimum Gasteiger partial charge on any atom is -0.285 e. The van der Waals surface area contributed by atoms with Gasteiger partial charge in [0, 0.05) is 28.2 Å². The molecule has 0 fully saturated rings. The Hall–Kier alpha value is -2.76. The first kappa shape index (κ1) is 15.6. The summed E-state index contributed by atoms with van der Waals surface area (Å²) < 4.78 is 0. The Morgan fingerprint density at radius 3 is 1.14 bits per heavy atom. The maximum atomic E-state index is 4.11. The van der Waals surface area contributed by atoms with Crippen LogP contribution in [0.2, 0.25) is 0 Å². The van der Waals surface area contributed by atoms with Gasteiger partial charge in [0.1, 0.15) is 0 Å². The van der Waals surface area contributed by atoms with Gasteiger partial charge in [0.05, 0.1) is 11.4 Å². The Morgan fingerprint density at radius 1 is 0.545 bits per heavy atom. The zero-order valence-electron chi connectivity index (χ0n) is 13.3. The molecule has 6 heteroatoms. The second-order valence-corrected chi connectivity index (χ2v) is 5.17. The molecule has 0 aliphatic carbocycles. The fourth-order valence-corrected chi connectivity index (χ4v) is 1.72. The molecule has 0 saturated heterocycles. The van der Waals surface area contributed by atoms with Crippen LogP contribution in [0.5, 0.6) is 0 Å². The molecule has 0 bridgehead atoms. The van der Waals surface area contributed by atoms with Crippen LogP contribution in [0.1, 0.15) is 0 Å². The molecule has 0 N–H and O–H groups in total. The van der Waals surface area contributed by atoms with Gasteiger partial charge in [-0.1, -0.05) is 34.7 Å². The monoisotopic (exact) mass is 296 g/mol. The minimum absolute atomic E-state index is 0.828. The Kier molecular flexibility index (Phi) is 5.19. The lowest BCUT2D eigenvalue weighted by atomic mass is 10.1. The van der Waals surface area contributed by atoms with Gasteiger partial charge in [-0.3, -0.25) is 10.0 Å². The summed E-state index contributed by atoms with van der Waals surface area (Å²) >= 11 is 0. The molecule has 0 radical (unpaired) electrons. The van der Waals surface area contributed by atoms with Gasteiger partial charge in [-0.15, -0.1) is 10.2 Å². The van der Waals surface area contributed by atoms with E-state index in [0.717, 1.165) is 22.5 Å². The topological polar surface area (TPSA) is 55.9 Å². The van der Waals surface area contributed by atoms with Crippen LogP contribution >= 0.6 is 0 Å². The molecule has 114 valence electrons. The lowest BCUT2D eigenvalue weighted by molar-refractivity contribution is 0.408. The first-order valence-electron chi connectivity index (χ1n) is 6.93. The number of hydrogen-bond acceptors (Lipinski definition) is 4. The largest absolute Gasteiger partial charge is 0.285 e. The highest BCUT2D eigenvalue weighted by Gasteiger charge is 1.99. The van der Waals surface area contributed by atoms with Crippen LogP contribution in [0.4, 0.5) is 11.4 Å². The molecule has 22 heavy (non-hydrogen) atoms. The SMILES string of the molecule is CN(C)N=Nc1ccc(-c2ccc(N=NN(C)C)cc2)cc1. The van der Waals surface area contributed by atoms with Crippen molar-refractivity contribution < 1.29 is 0 Å². The summed E-state index contributed by atoms with van der Waals surface area (Å²) in [7, 11) is 7.36. The van der Waals surface area contributed by atoms with E-state index in [1.54, 1.807) is 10.0 Å². The van der Waals surface area contributed by atoms with Crippen molar-refractivity contribution in [3.63, 3.8) is 0 Å². The molecule has 0 heterocycles. The third-order valence-electron chi connectivity index (χ3n) is 2.75. The fourth-order valence-electron chi connectivity index (χ4n) is 1.72. The second-order valence-electron chi connectivity index (χ2n) is 5.17. The Balaban J connectivity index is 2.11. The predicted octanol–water partition coefficient (Wildman–Crippen LogP) is 4.47. The normalized spacial score (nSPS) is 11.3. The number of rotatable bonds is 5. The van der Waals surface area contributed by atoms with Crippen LogP contribution in [0.3, 0.4) is 0 Å². The quantitative estimate of drug-likeness (QED) is 0.603. The van der Waals surface area contributed by atoms with Crippen molar-refractivity contribution in [1.29, 1.82) is 0 Å². The highest BCUT2D eigenvalue weighted by Crippen LogP contribution is 2.25. The van der Waals surface area contributed by atoms with Gasteiger partial charge in [-0.05, 0) is 35.4 Å². The van der Waals surface area contributed by atoms with Crippen LogP contribution in [-0.4, -0.2) is 38.2 Å². The van der Waals surface area contributed by atoms with E-state index in [4.69, 9.17) is 0 Å². The summed E-state index contributed by atoms with van der Waals surface area (Å²) in [4.78, 5) is 0. The lowest BCUT2D eigenvalue weighted by Crippen LogP contribution is -1.98. The van der Waals surface area contributed by atoms with Crippen molar-refractivity contribution in [2.24, 2.45) is 20.7 Å². The molecule has 0 aliphatic heterocycles. The molecule has 2 aromatic carbocycles. The Bertz CT molecular complexity index is 582. The zero-order chi connectivity index (χ0) is 15.9. The highest BCUT2D eigenvalue weighted by molar-refractivity contribution is 5.66. The Morgan fingerprint density at radius 2 is 0.864 bits per heavy atom. The molecule has 0 aliphatic rings. The second kappa shape index (κ2) is 7.31. The van der Waals surface area contributed by atoms with Crippen molar-refractivity contribution in [2.45, 2.75) is 0 Å². The first-order valence-corrected chi connectivity index (χ1v) is 6.93. The average molecular weight is 296 g/mol. The summed E-state index contributed by atoms with van der Waals surface area (Å²) in [6.45, 7) is 0. The minimum atomic E-state index is 0.828. The molecule has 0 aromatic heterocycles. The molecule has 6 nitrogen and oxygen atoms in total. The first-order chi connectivity index (χ1) is 10.5. The van der Waals surface area contributed by atoms with Crippen LogP contribution in [0.15, 0.2) is 69.2 Å².